The third-order valence-electron chi connectivity index (χ3n) is 3.28. The van der Waals surface area contributed by atoms with Crippen LogP contribution < -0.4 is 5.32 Å². The monoisotopic (exact) mass is 232 g/mol. The highest BCUT2D eigenvalue weighted by atomic mass is 16.3. The van der Waals surface area contributed by atoms with Crippen molar-refractivity contribution < 1.29 is 9.21 Å². The van der Waals surface area contributed by atoms with Gasteiger partial charge in [-0.25, -0.2) is 0 Å². The van der Waals surface area contributed by atoms with Crippen molar-refractivity contribution in [2.75, 3.05) is 6.54 Å². The summed E-state index contributed by atoms with van der Waals surface area (Å²) in [6.45, 7) is 2.58. The number of nitrogens with one attached hydrogen (secondary N) is 1. The Bertz CT molecular complexity index is 425. The van der Waals surface area contributed by atoms with E-state index in [1.165, 1.54) is 0 Å². The number of carbonyl (C=O) groups excluding carboxylic acids is 1. The third-order valence-corrected chi connectivity index (χ3v) is 3.28. The molecule has 0 radical (unpaired) electrons. The van der Waals surface area contributed by atoms with Gasteiger partial charge in [0.05, 0.1) is 12.3 Å². The topological polar surface area (TPSA) is 66.0 Å². The Hall–Kier alpha value is -1.76. The van der Waals surface area contributed by atoms with Gasteiger partial charge in [0, 0.05) is 13.0 Å². The molecule has 0 unspecified atom stereocenters. The zero-order valence-electron chi connectivity index (χ0n) is 9.90. The second kappa shape index (κ2) is 4.62. The first-order chi connectivity index (χ1) is 8.16. The normalized spacial score (nSPS) is 26.9. The van der Waals surface area contributed by atoms with Gasteiger partial charge in [-0.05, 0) is 30.9 Å². The molecule has 2 rings (SSSR count). The minimum Gasteiger partial charge on any atom is -0.469 e. The summed E-state index contributed by atoms with van der Waals surface area (Å²) in [5.41, 5.74) is -0.775. The van der Waals surface area contributed by atoms with Crippen LogP contribution in [-0.4, -0.2) is 12.5 Å². The summed E-state index contributed by atoms with van der Waals surface area (Å²) in [4.78, 5) is 11.9. The van der Waals surface area contributed by atoms with Crippen LogP contribution in [0.1, 0.15) is 25.5 Å². The fourth-order valence-corrected chi connectivity index (χ4v) is 2.38. The SMILES string of the molecule is CC1CC(C#N)(C(=O)NCCc2ccco2)C1. The van der Waals surface area contributed by atoms with E-state index in [9.17, 15) is 4.79 Å². The van der Waals surface area contributed by atoms with Crippen LogP contribution >= 0.6 is 0 Å². The molecule has 0 aliphatic heterocycles. The highest BCUT2D eigenvalue weighted by Crippen LogP contribution is 2.44. The number of hydrogen-bond acceptors (Lipinski definition) is 3. The molecule has 4 heteroatoms. The van der Waals surface area contributed by atoms with Gasteiger partial charge in [-0.2, -0.15) is 5.26 Å². The lowest BCUT2D eigenvalue weighted by Gasteiger charge is -2.39. The van der Waals surface area contributed by atoms with E-state index in [4.69, 9.17) is 9.68 Å². The third kappa shape index (κ3) is 2.33. The molecule has 1 aromatic rings. The molecular formula is C13H16N2O2. The molecular weight excluding hydrogens is 216 g/mol. The summed E-state index contributed by atoms with van der Waals surface area (Å²) < 4.78 is 5.17. The van der Waals surface area contributed by atoms with E-state index < -0.39 is 5.41 Å². The summed E-state index contributed by atoms with van der Waals surface area (Å²) in [7, 11) is 0. The predicted molar refractivity (Wildman–Crippen MR) is 61.9 cm³/mol. The van der Waals surface area contributed by atoms with Crippen molar-refractivity contribution >= 4 is 5.91 Å². The van der Waals surface area contributed by atoms with E-state index in [1.807, 2.05) is 12.1 Å². The lowest BCUT2D eigenvalue weighted by Crippen LogP contribution is -2.48. The van der Waals surface area contributed by atoms with Crippen molar-refractivity contribution in [2.24, 2.45) is 11.3 Å². The van der Waals surface area contributed by atoms with Crippen LogP contribution in [0.3, 0.4) is 0 Å². The zero-order chi connectivity index (χ0) is 12.3. The van der Waals surface area contributed by atoms with Crippen molar-refractivity contribution in [3.05, 3.63) is 24.2 Å². The lowest BCUT2D eigenvalue weighted by atomic mass is 9.63. The summed E-state index contributed by atoms with van der Waals surface area (Å²) in [5.74, 6) is 1.19. The summed E-state index contributed by atoms with van der Waals surface area (Å²) in [6.07, 6.45) is 3.63. The maximum atomic E-state index is 11.9. The molecule has 1 aliphatic carbocycles. The Morgan fingerprint density at radius 2 is 2.47 bits per heavy atom. The fraction of sp³-hybridized carbons (Fsp3) is 0.538. The van der Waals surface area contributed by atoms with E-state index in [0.717, 1.165) is 5.76 Å². The highest BCUT2D eigenvalue weighted by Gasteiger charge is 2.48. The van der Waals surface area contributed by atoms with Crippen LogP contribution in [0.25, 0.3) is 0 Å². The molecule has 90 valence electrons. The second-order valence-electron chi connectivity index (χ2n) is 4.79. The van der Waals surface area contributed by atoms with Gasteiger partial charge in [0.25, 0.3) is 0 Å². The first-order valence-electron chi connectivity index (χ1n) is 5.88. The van der Waals surface area contributed by atoms with Gasteiger partial charge in [0.15, 0.2) is 0 Å². The summed E-state index contributed by atoms with van der Waals surface area (Å²) in [6, 6.07) is 5.85. The van der Waals surface area contributed by atoms with Crippen molar-refractivity contribution in [3.8, 4) is 6.07 Å². The molecule has 1 fully saturated rings. The summed E-state index contributed by atoms with van der Waals surface area (Å²) >= 11 is 0. The molecule has 1 aliphatic rings. The highest BCUT2D eigenvalue weighted by molar-refractivity contribution is 5.86. The summed E-state index contributed by atoms with van der Waals surface area (Å²) in [5, 5.41) is 11.9. The van der Waals surface area contributed by atoms with E-state index in [1.54, 1.807) is 6.26 Å². The smallest absolute Gasteiger partial charge is 0.240 e. The van der Waals surface area contributed by atoms with Crippen LogP contribution in [0.4, 0.5) is 0 Å². The number of rotatable bonds is 4. The molecule has 1 N–H and O–H groups in total. The van der Waals surface area contributed by atoms with Gasteiger partial charge >= 0.3 is 0 Å². The second-order valence-corrected chi connectivity index (χ2v) is 4.79. The minimum atomic E-state index is -0.775. The van der Waals surface area contributed by atoms with Gasteiger partial charge in [-0.1, -0.05) is 6.92 Å². The Kier molecular flexibility index (Phi) is 3.19. The van der Waals surface area contributed by atoms with Crippen LogP contribution in [-0.2, 0) is 11.2 Å². The van der Waals surface area contributed by atoms with Crippen molar-refractivity contribution in [1.29, 1.82) is 5.26 Å². The van der Waals surface area contributed by atoms with Crippen molar-refractivity contribution in [1.82, 2.24) is 5.32 Å². The first-order valence-corrected chi connectivity index (χ1v) is 5.88. The number of nitriles is 1. The molecule has 1 amide bonds. The Balaban J connectivity index is 1.80. The molecule has 0 bridgehead atoms. The van der Waals surface area contributed by atoms with Crippen LogP contribution in [0.2, 0.25) is 0 Å². The first kappa shape index (κ1) is 11.7. The largest absolute Gasteiger partial charge is 0.469 e. The predicted octanol–water partition coefficient (Wildman–Crippen LogP) is 1.88. The molecule has 0 spiro atoms. The quantitative estimate of drug-likeness (QED) is 0.861. The molecule has 1 heterocycles. The standard InChI is InChI=1S/C13H16N2O2/c1-10-7-13(8-10,9-14)12(16)15-5-4-11-3-2-6-17-11/h2-3,6,10H,4-5,7-8H2,1H3,(H,15,16). The number of furan rings is 1. The number of amides is 1. The lowest BCUT2D eigenvalue weighted by molar-refractivity contribution is -0.133. The van der Waals surface area contributed by atoms with Crippen LogP contribution in [0.15, 0.2) is 22.8 Å². The number of carbonyl (C=O) groups is 1. The molecule has 1 aromatic heterocycles. The van der Waals surface area contributed by atoms with Gasteiger partial charge in [-0.3, -0.25) is 4.79 Å². The molecule has 1 saturated carbocycles. The Morgan fingerprint density at radius 1 is 1.71 bits per heavy atom. The van der Waals surface area contributed by atoms with Gasteiger partial charge in [0.2, 0.25) is 5.91 Å². The molecule has 0 atom stereocenters. The van der Waals surface area contributed by atoms with Gasteiger partial charge in [0.1, 0.15) is 11.2 Å². The van der Waals surface area contributed by atoms with Crippen LogP contribution in [0, 0.1) is 22.7 Å². The maximum Gasteiger partial charge on any atom is 0.240 e. The van der Waals surface area contributed by atoms with E-state index in [-0.39, 0.29) is 5.91 Å². The van der Waals surface area contributed by atoms with E-state index >= 15 is 0 Å². The number of hydrogen-bond donors (Lipinski definition) is 1. The van der Waals surface area contributed by atoms with Gasteiger partial charge < -0.3 is 9.73 Å². The van der Waals surface area contributed by atoms with E-state index in [0.29, 0.717) is 31.7 Å². The van der Waals surface area contributed by atoms with Crippen LogP contribution in [0.5, 0.6) is 0 Å². The van der Waals surface area contributed by atoms with Gasteiger partial charge in [-0.15, -0.1) is 0 Å². The molecule has 17 heavy (non-hydrogen) atoms. The Morgan fingerprint density at radius 3 is 3.00 bits per heavy atom. The van der Waals surface area contributed by atoms with E-state index in [2.05, 4.69) is 18.3 Å². The number of nitrogens with zero attached hydrogens (tertiary/aromatic N) is 1. The molecule has 4 nitrogen and oxygen atoms in total. The zero-order valence-corrected chi connectivity index (χ0v) is 9.90. The van der Waals surface area contributed by atoms with Crippen molar-refractivity contribution in [3.63, 3.8) is 0 Å². The molecule has 0 saturated heterocycles. The Labute approximate surface area is 101 Å². The van der Waals surface area contributed by atoms with Crippen molar-refractivity contribution in [2.45, 2.75) is 26.2 Å². The minimum absolute atomic E-state index is 0.135. The average Bonchev–Trinajstić information content (AvgIpc) is 2.77. The molecule has 0 aromatic carbocycles. The fourth-order valence-electron chi connectivity index (χ4n) is 2.38. The average molecular weight is 232 g/mol. The maximum absolute atomic E-state index is 11.9.